The van der Waals surface area contributed by atoms with Crippen LogP contribution in [0.15, 0.2) is 48.5 Å². The van der Waals surface area contributed by atoms with Crippen molar-refractivity contribution >= 4 is 23.0 Å². The minimum absolute atomic E-state index is 0.00920. The van der Waals surface area contributed by atoms with Crippen molar-refractivity contribution in [3.63, 3.8) is 0 Å². The van der Waals surface area contributed by atoms with Gasteiger partial charge >= 0.3 is 0 Å². The van der Waals surface area contributed by atoms with Crippen molar-refractivity contribution < 1.29 is 9.53 Å². The average Bonchev–Trinajstić information content (AvgIpc) is 3.18. The number of rotatable bonds is 7. The van der Waals surface area contributed by atoms with Crippen molar-refractivity contribution in [1.29, 1.82) is 0 Å². The number of ether oxygens (including phenoxy) is 1. The summed E-state index contributed by atoms with van der Waals surface area (Å²) in [5.41, 5.74) is 3.05. The Balaban J connectivity index is 1.42. The van der Waals surface area contributed by atoms with E-state index in [0.717, 1.165) is 30.2 Å². The zero-order chi connectivity index (χ0) is 17.5. The third-order valence-electron chi connectivity index (χ3n) is 4.39. The minimum Gasteiger partial charge on any atom is -0.497 e. The first kappa shape index (κ1) is 17.1. The molecule has 0 aromatic heterocycles. The molecule has 0 radical (unpaired) electrons. The topological polar surface area (TPSA) is 53.6 Å². The van der Waals surface area contributed by atoms with Gasteiger partial charge in [-0.3, -0.25) is 4.79 Å². The third-order valence-corrected chi connectivity index (χ3v) is 4.39. The van der Waals surface area contributed by atoms with Crippen molar-refractivity contribution in [2.24, 2.45) is 0 Å². The summed E-state index contributed by atoms with van der Waals surface area (Å²) in [5, 5.41) is 6.18. The molecular formula is C20H25N3O2. The normalized spacial score (nSPS) is 13.6. The summed E-state index contributed by atoms with van der Waals surface area (Å²) in [6.45, 7) is 2.84. The van der Waals surface area contributed by atoms with Gasteiger partial charge in [-0.25, -0.2) is 0 Å². The number of benzene rings is 2. The van der Waals surface area contributed by atoms with Gasteiger partial charge < -0.3 is 20.3 Å². The van der Waals surface area contributed by atoms with E-state index < -0.39 is 0 Å². The fraction of sp³-hybridized carbons (Fsp3) is 0.350. The lowest BCUT2D eigenvalue weighted by atomic mass is 10.2. The molecule has 0 atom stereocenters. The molecule has 2 aromatic rings. The summed E-state index contributed by atoms with van der Waals surface area (Å²) in [4.78, 5) is 14.4. The first-order valence-corrected chi connectivity index (χ1v) is 8.77. The van der Waals surface area contributed by atoms with Gasteiger partial charge in [-0.1, -0.05) is 0 Å². The van der Waals surface area contributed by atoms with Crippen LogP contribution in [0.2, 0.25) is 0 Å². The molecular weight excluding hydrogens is 314 g/mol. The van der Waals surface area contributed by atoms with E-state index in [-0.39, 0.29) is 5.91 Å². The van der Waals surface area contributed by atoms with Gasteiger partial charge in [0.25, 0.3) is 0 Å². The fourth-order valence-electron chi connectivity index (χ4n) is 2.98. The van der Waals surface area contributed by atoms with Crippen molar-refractivity contribution in [3.05, 3.63) is 48.5 Å². The number of hydrogen-bond donors (Lipinski definition) is 2. The average molecular weight is 339 g/mol. The highest BCUT2D eigenvalue weighted by atomic mass is 16.5. The van der Waals surface area contributed by atoms with Gasteiger partial charge in [-0.15, -0.1) is 0 Å². The maximum atomic E-state index is 12.1. The SMILES string of the molecule is COc1ccc(NCCC(=O)Nc2ccc(N3CCCC3)cc2)cc1. The number of carbonyl (C=O) groups is 1. The lowest BCUT2D eigenvalue weighted by Crippen LogP contribution is -2.18. The van der Waals surface area contributed by atoms with Crippen molar-refractivity contribution in [3.8, 4) is 5.75 Å². The molecule has 0 bridgehead atoms. The van der Waals surface area contributed by atoms with E-state index in [9.17, 15) is 4.79 Å². The third kappa shape index (κ3) is 4.89. The number of hydrogen-bond acceptors (Lipinski definition) is 4. The van der Waals surface area contributed by atoms with Gasteiger partial charge in [0.2, 0.25) is 5.91 Å². The smallest absolute Gasteiger partial charge is 0.226 e. The second kappa shape index (κ2) is 8.42. The summed E-state index contributed by atoms with van der Waals surface area (Å²) < 4.78 is 5.12. The standard InChI is InChI=1S/C20H25N3O2/c1-25-19-10-6-16(7-11-19)21-13-12-20(24)22-17-4-8-18(9-5-17)23-14-2-3-15-23/h4-11,21H,2-3,12-15H2,1H3,(H,22,24). The number of nitrogens with zero attached hydrogens (tertiary/aromatic N) is 1. The van der Waals surface area contributed by atoms with E-state index in [1.54, 1.807) is 7.11 Å². The summed E-state index contributed by atoms with van der Waals surface area (Å²) >= 11 is 0. The molecule has 0 unspecified atom stereocenters. The highest BCUT2D eigenvalue weighted by molar-refractivity contribution is 5.91. The summed E-state index contributed by atoms with van der Waals surface area (Å²) in [5.74, 6) is 0.829. The first-order valence-electron chi connectivity index (χ1n) is 8.77. The van der Waals surface area contributed by atoms with Crippen molar-refractivity contribution in [1.82, 2.24) is 0 Å². The molecule has 2 aromatic carbocycles. The number of methoxy groups -OCH3 is 1. The monoisotopic (exact) mass is 339 g/mol. The van der Waals surface area contributed by atoms with Gasteiger partial charge in [0.05, 0.1) is 7.11 Å². The lowest BCUT2D eigenvalue weighted by Gasteiger charge is -2.17. The zero-order valence-electron chi connectivity index (χ0n) is 14.6. The molecule has 1 amide bonds. The molecule has 1 fully saturated rings. The van der Waals surface area contributed by atoms with E-state index in [0.29, 0.717) is 13.0 Å². The van der Waals surface area contributed by atoms with Crippen LogP contribution in [-0.4, -0.2) is 32.7 Å². The fourth-order valence-corrected chi connectivity index (χ4v) is 2.98. The van der Waals surface area contributed by atoms with E-state index >= 15 is 0 Å². The Morgan fingerprint density at radius 2 is 1.64 bits per heavy atom. The Morgan fingerprint density at radius 1 is 1.00 bits per heavy atom. The van der Waals surface area contributed by atoms with Crippen LogP contribution in [0, 0.1) is 0 Å². The second-order valence-corrected chi connectivity index (χ2v) is 6.19. The Hall–Kier alpha value is -2.69. The molecule has 5 heteroatoms. The summed E-state index contributed by atoms with van der Waals surface area (Å²) in [6, 6.07) is 15.8. The first-order chi connectivity index (χ1) is 12.2. The van der Waals surface area contributed by atoms with Gasteiger partial charge in [-0.05, 0) is 61.4 Å². The van der Waals surface area contributed by atoms with Crippen LogP contribution >= 0.6 is 0 Å². The molecule has 25 heavy (non-hydrogen) atoms. The van der Waals surface area contributed by atoms with Crippen LogP contribution in [0.5, 0.6) is 5.75 Å². The Morgan fingerprint density at radius 3 is 2.28 bits per heavy atom. The van der Waals surface area contributed by atoms with Crippen LogP contribution in [0.1, 0.15) is 19.3 Å². The summed E-state index contributed by atoms with van der Waals surface area (Å²) in [6.07, 6.45) is 2.94. The van der Waals surface area contributed by atoms with Gasteiger partial charge in [0, 0.05) is 43.1 Å². The molecule has 132 valence electrons. The number of nitrogens with one attached hydrogen (secondary N) is 2. The molecule has 2 N–H and O–H groups in total. The van der Waals surface area contributed by atoms with Crippen LogP contribution in [0.4, 0.5) is 17.1 Å². The number of anilines is 3. The van der Waals surface area contributed by atoms with E-state index in [1.807, 2.05) is 36.4 Å². The maximum Gasteiger partial charge on any atom is 0.226 e. The second-order valence-electron chi connectivity index (χ2n) is 6.19. The van der Waals surface area contributed by atoms with Gasteiger partial charge in [0.15, 0.2) is 0 Å². The molecule has 0 aliphatic carbocycles. The lowest BCUT2D eigenvalue weighted by molar-refractivity contribution is -0.115. The van der Waals surface area contributed by atoms with E-state index in [4.69, 9.17) is 4.74 Å². The molecule has 3 rings (SSSR count). The maximum absolute atomic E-state index is 12.1. The highest BCUT2D eigenvalue weighted by Gasteiger charge is 2.12. The molecule has 1 aliphatic rings. The van der Waals surface area contributed by atoms with Crippen LogP contribution < -0.4 is 20.3 Å². The Kier molecular flexibility index (Phi) is 5.77. The van der Waals surface area contributed by atoms with Crippen molar-refractivity contribution in [2.75, 3.05) is 42.3 Å². The largest absolute Gasteiger partial charge is 0.497 e. The van der Waals surface area contributed by atoms with Gasteiger partial charge in [0.1, 0.15) is 5.75 Å². The quantitative estimate of drug-likeness (QED) is 0.807. The minimum atomic E-state index is 0.00920. The van der Waals surface area contributed by atoms with Crippen LogP contribution in [0.3, 0.4) is 0 Å². The van der Waals surface area contributed by atoms with Crippen LogP contribution in [0.25, 0.3) is 0 Å². The van der Waals surface area contributed by atoms with E-state index in [2.05, 4.69) is 27.7 Å². The Labute approximate surface area is 149 Å². The number of carbonyl (C=O) groups excluding carboxylic acids is 1. The van der Waals surface area contributed by atoms with Crippen molar-refractivity contribution in [2.45, 2.75) is 19.3 Å². The predicted octanol–water partition coefficient (Wildman–Crippen LogP) is 3.74. The number of amides is 1. The van der Waals surface area contributed by atoms with Crippen LogP contribution in [-0.2, 0) is 4.79 Å². The highest BCUT2D eigenvalue weighted by Crippen LogP contribution is 2.22. The molecule has 1 aliphatic heterocycles. The van der Waals surface area contributed by atoms with Gasteiger partial charge in [-0.2, -0.15) is 0 Å². The molecule has 0 saturated carbocycles. The molecule has 5 nitrogen and oxygen atoms in total. The predicted molar refractivity (Wildman–Crippen MR) is 103 cm³/mol. The van der Waals surface area contributed by atoms with E-state index in [1.165, 1.54) is 18.5 Å². The summed E-state index contributed by atoms with van der Waals surface area (Å²) in [7, 11) is 1.64. The molecule has 0 spiro atoms. The zero-order valence-corrected chi connectivity index (χ0v) is 14.6. The Bertz CT molecular complexity index is 677. The molecule has 1 heterocycles. The molecule has 1 saturated heterocycles.